The molecule has 19 heavy (non-hydrogen) atoms. The Bertz CT molecular complexity index is 421. The van der Waals surface area contributed by atoms with Crippen LogP contribution < -0.4 is 10.6 Å². The van der Waals surface area contributed by atoms with Crippen molar-refractivity contribution < 1.29 is 4.39 Å². The number of anilines is 1. The molecule has 0 spiro atoms. The lowest BCUT2D eigenvalue weighted by Crippen LogP contribution is -2.31. The maximum Gasteiger partial charge on any atom is 0.126 e. The molecular weight excluding hydrogens is 259 g/mol. The summed E-state index contributed by atoms with van der Waals surface area (Å²) in [7, 11) is 2.06. The highest BCUT2D eigenvalue weighted by Gasteiger charge is 2.17. The van der Waals surface area contributed by atoms with Crippen molar-refractivity contribution >= 4 is 17.4 Å². The van der Waals surface area contributed by atoms with Crippen LogP contribution in [0.3, 0.4) is 0 Å². The number of rotatable bonds is 6. The molecule has 1 unspecified atom stereocenters. The molecule has 0 fully saturated rings. The van der Waals surface area contributed by atoms with Gasteiger partial charge in [0.25, 0.3) is 0 Å². The standard InChI is InChI=1S/C15H25FN2S/c1-10-8-15(13(12(3)17)9-14(10)16)18(4)11(2)6-7-19-5/h8-9,11-12H,6-7,17H2,1-5H3/t11?,12-/m0/s1. The van der Waals surface area contributed by atoms with Crippen LogP contribution in [0.1, 0.15) is 37.4 Å². The van der Waals surface area contributed by atoms with Crippen LogP contribution in [0.4, 0.5) is 10.1 Å². The second-order valence-electron chi connectivity index (χ2n) is 5.19. The summed E-state index contributed by atoms with van der Waals surface area (Å²) in [4.78, 5) is 2.21. The molecule has 0 aliphatic rings. The van der Waals surface area contributed by atoms with E-state index in [1.807, 2.05) is 24.8 Å². The zero-order chi connectivity index (χ0) is 14.6. The third-order valence-corrected chi connectivity index (χ3v) is 4.22. The molecule has 0 bridgehead atoms. The van der Waals surface area contributed by atoms with E-state index < -0.39 is 0 Å². The number of aryl methyl sites for hydroxylation is 1. The van der Waals surface area contributed by atoms with Crippen molar-refractivity contribution in [2.45, 2.75) is 39.3 Å². The number of halogens is 1. The third kappa shape index (κ3) is 4.11. The molecule has 0 saturated heterocycles. The predicted octanol–water partition coefficient (Wildman–Crippen LogP) is 3.73. The summed E-state index contributed by atoms with van der Waals surface area (Å²) in [5.74, 6) is 0.945. The van der Waals surface area contributed by atoms with Crippen LogP contribution in [-0.4, -0.2) is 25.1 Å². The van der Waals surface area contributed by atoms with Crippen LogP contribution in [0.2, 0.25) is 0 Å². The van der Waals surface area contributed by atoms with Gasteiger partial charge < -0.3 is 10.6 Å². The van der Waals surface area contributed by atoms with Crippen LogP contribution >= 0.6 is 11.8 Å². The molecule has 2 atom stereocenters. The van der Waals surface area contributed by atoms with Crippen molar-refractivity contribution in [2.75, 3.05) is 24.0 Å². The highest BCUT2D eigenvalue weighted by molar-refractivity contribution is 7.98. The Hall–Kier alpha value is -0.740. The molecule has 4 heteroatoms. The number of benzene rings is 1. The van der Waals surface area contributed by atoms with E-state index in [4.69, 9.17) is 5.73 Å². The lowest BCUT2D eigenvalue weighted by molar-refractivity contribution is 0.609. The topological polar surface area (TPSA) is 29.3 Å². The Labute approximate surface area is 120 Å². The fourth-order valence-corrected chi connectivity index (χ4v) is 2.65. The fourth-order valence-electron chi connectivity index (χ4n) is 2.07. The largest absolute Gasteiger partial charge is 0.372 e. The smallest absolute Gasteiger partial charge is 0.126 e. The molecule has 1 aromatic rings. The minimum absolute atomic E-state index is 0.166. The van der Waals surface area contributed by atoms with Crippen molar-refractivity contribution in [3.63, 3.8) is 0 Å². The van der Waals surface area contributed by atoms with Crippen LogP contribution in [0.15, 0.2) is 12.1 Å². The van der Waals surface area contributed by atoms with Gasteiger partial charge in [0.2, 0.25) is 0 Å². The Morgan fingerprint density at radius 3 is 2.53 bits per heavy atom. The molecule has 0 aliphatic carbocycles. The maximum atomic E-state index is 13.7. The van der Waals surface area contributed by atoms with Gasteiger partial charge in [-0.15, -0.1) is 0 Å². The highest BCUT2D eigenvalue weighted by Crippen LogP contribution is 2.29. The fraction of sp³-hybridized carbons (Fsp3) is 0.600. The second-order valence-corrected chi connectivity index (χ2v) is 6.18. The zero-order valence-corrected chi connectivity index (χ0v) is 13.4. The summed E-state index contributed by atoms with van der Waals surface area (Å²) in [6, 6.07) is 3.73. The van der Waals surface area contributed by atoms with Gasteiger partial charge in [0, 0.05) is 24.8 Å². The van der Waals surface area contributed by atoms with Crippen LogP contribution in [0.25, 0.3) is 0 Å². The highest BCUT2D eigenvalue weighted by atomic mass is 32.2. The summed E-state index contributed by atoms with van der Waals surface area (Å²) in [6.07, 6.45) is 3.22. The average Bonchev–Trinajstić information content (AvgIpc) is 2.37. The van der Waals surface area contributed by atoms with Crippen molar-refractivity contribution in [3.05, 3.63) is 29.1 Å². The van der Waals surface area contributed by atoms with Gasteiger partial charge in [0.1, 0.15) is 5.82 Å². The minimum Gasteiger partial charge on any atom is -0.372 e. The van der Waals surface area contributed by atoms with Gasteiger partial charge in [-0.2, -0.15) is 11.8 Å². The van der Waals surface area contributed by atoms with Crippen LogP contribution in [0, 0.1) is 12.7 Å². The number of nitrogens with two attached hydrogens (primary N) is 1. The number of hydrogen-bond donors (Lipinski definition) is 1. The number of hydrogen-bond acceptors (Lipinski definition) is 3. The molecule has 1 aromatic carbocycles. The van der Waals surface area contributed by atoms with Crippen LogP contribution in [-0.2, 0) is 0 Å². The van der Waals surface area contributed by atoms with E-state index in [-0.39, 0.29) is 11.9 Å². The van der Waals surface area contributed by atoms with Gasteiger partial charge in [-0.1, -0.05) is 0 Å². The Kier molecular flexibility index (Phi) is 6.14. The molecule has 0 radical (unpaired) electrons. The molecule has 2 N–H and O–H groups in total. The predicted molar refractivity (Wildman–Crippen MR) is 84.6 cm³/mol. The first kappa shape index (κ1) is 16.3. The minimum atomic E-state index is -0.179. The third-order valence-electron chi connectivity index (χ3n) is 3.58. The van der Waals surface area contributed by atoms with E-state index in [1.165, 1.54) is 0 Å². The molecule has 0 amide bonds. The van der Waals surface area contributed by atoms with Crippen molar-refractivity contribution in [2.24, 2.45) is 5.73 Å². The maximum absolute atomic E-state index is 13.7. The molecule has 0 aromatic heterocycles. The normalized spacial score (nSPS) is 14.3. The monoisotopic (exact) mass is 284 g/mol. The first-order valence-electron chi connectivity index (χ1n) is 6.65. The lowest BCUT2D eigenvalue weighted by atomic mass is 10.0. The van der Waals surface area contributed by atoms with Crippen molar-refractivity contribution in [3.8, 4) is 0 Å². The van der Waals surface area contributed by atoms with Crippen molar-refractivity contribution in [1.29, 1.82) is 0 Å². The quantitative estimate of drug-likeness (QED) is 0.863. The van der Waals surface area contributed by atoms with Gasteiger partial charge in [0.05, 0.1) is 0 Å². The van der Waals surface area contributed by atoms with E-state index in [2.05, 4.69) is 25.1 Å². The van der Waals surface area contributed by atoms with Gasteiger partial charge in [-0.05, 0) is 62.5 Å². The summed E-state index contributed by atoms with van der Waals surface area (Å²) in [5, 5.41) is 0. The molecule has 0 heterocycles. The summed E-state index contributed by atoms with van der Waals surface area (Å²) in [6.45, 7) is 5.89. The molecule has 2 nitrogen and oxygen atoms in total. The molecular formula is C15H25FN2S. The van der Waals surface area contributed by atoms with E-state index >= 15 is 0 Å². The summed E-state index contributed by atoms with van der Waals surface area (Å²) >= 11 is 1.85. The molecule has 0 saturated carbocycles. The second kappa shape index (κ2) is 7.15. The van der Waals surface area contributed by atoms with Gasteiger partial charge in [0.15, 0.2) is 0 Å². The van der Waals surface area contributed by atoms with E-state index in [0.717, 1.165) is 23.4 Å². The number of thioether (sulfide) groups is 1. The van der Waals surface area contributed by atoms with Gasteiger partial charge in [-0.25, -0.2) is 4.39 Å². The van der Waals surface area contributed by atoms with E-state index in [1.54, 1.807) is 13.0 Å². The Morgan fingerprint density at radius 1 is 1.37 bits per heavy atom. The number of nitrogens with zero attached hydrogens (tertiary/aromatic N) is 1. The summed E-state index contributed by atoms with van der Waals surface area (Å²) in [5.41, 5.74) is 8.56. The molecule has 1 rings (SSSR count). The van der Waals surface area contributed by atoms with Crippen LogP contribution in [0.5, 0.6) is 0 Å². The SMILES string of the molecule is CSCCC(C)N(C)c1cc(C)c(F)cc1[C@H](C)N. The molecule has 0 aliphatic heterocycles. The summed E-state index contributed by atoms with van der Waals surface area (Å²) < 4.78 is 13.7. The zero-order valence-electron chi connectivity index (χ0n) is 12.5. The average molecular weight is 284 g/mol. The first-order valence-corrected chi connectivity index (χ1v) is 8.05. The molecule has 108 valence electrons. The van der Waals surface area contributed by atoms with Gasteiger partial charge >= 0.3 is 0 Å². The van der Waals surface area contributed by atoms with E-state index in [9.17, 15) is 4.39 Å². The Balaban J connectivity index is 3.06. The first-order chi connectivity index (χ1) is 8.88. The lowest BCUT2D eigenvalue weighted by Gasteiger charge is -2.30. The van der Waals surface area contributed by atoms with Crippen molar-refractivity contribution in [1.82, 2.24) is 0 Å². The van der Waals surface area contributed by atoms with E-state index in [0.29, 0.717) is 11.6 Å². The van der Waals surface area contributed by atoms with Gasteiger partial charge in [-0.3, -0.25) is 0 Å². The Morgan fingerprint density at radius 2 is 2.00 bits per heavy atom.